The van der Waals surface area contributed by atoms with Crippen LogP contribution in [0.15, 0.2) is 30.7 Å². The predicted molar refractivity (Wildman–Crippen MR) is 73.9 cm³/mol. The van der Waals surface area contributed by atoms with Gasteiger partial charge >= 0.3 is 0 Å². The van der Waals surface area contributed by atoms with Crippen molar-refractivity contribution in [2.45, 2.75) is 25.4 Å². The molecule has 110 valence electrons. The number of fused-ring (bicyclic) bond motifs is 1. The van der Waals surface area contributed by atoms with E-state index < -0.39 is 12.7 Å². The summed E-state index contributed by atoms with van der Waals surface area (Å²) in [6.45, 7) is -0.345. The minimum atomic E-state index is -0.507. The van der Waals surface area contributed by atoms with Crippen molar-refractivity contribution in [1.29, 1.82) is 0 Å². The number of amides is 1. The number of carbonyl (C=O) groups is 2. The van der Waals surface area contributed by atoms with Crippen molar-refractivity contribution >= 4 is 17.4 Å². The third kappa shape index (κ3) is 2.58. The highest BCUT2D eigenvalue weighted by atomic mass is 19.1. The fraction of sp³-hybridized carbons (Fsp3) is 0.357. The van der Waals surface area contributed by atoms with Crippen LogP contribution in [0.3, 0.4) is 0 Å². The van der Waals surface area contributed by atoms with E-state index in [4.69, 9.17) is 0 Å². The molecule has 21 heavy (non-hydrogen) atoms. The molecule has 3 heterocycles. The lowest BCUT2D eigenvalue weighted by Gasteiger charge is -2.24. The van der Waals surface area contributed by atoms with Crippen molar-refractivity contribution in [2.75, 3.05) is 12.0 Å². The Morgan fingerprint density at radius 1 is 1.52 bits per heavy atom. The molecule has 0 aliphatic carbocycles. The van der Waals surface area contributed by atoms with E-state index in [0.29, 0.717) is 24.2 Å². The van der Waals surface area contributed by atoms with Gasteiger partial charge in [-0.25, -0.2) is 4.39 Å². The van der Waals surface area contributed by atoms with Crippen LogP contribution in [0.2, 0.25) is 0 Å². The zero-order chi connectivity index (χ0) is 14.8. The van der Waals surface area contributed by atoms with Gasteiger partial charge in [0.2, 0.25) is 5.91 Å². The molecule has 1 amide bonds. The summed E-state index contributed by atoms with van der Waals surface area (Å²) < 4.78 is 15.4. The van der Waals surface area contributed by atoms with Crippen molar-refractivity contribution < 1.29 is 14.0 Å². The molecule has 6 nitrogen and oxygen atoms in total. The van der Waals surface area contributed by atoms with Gasteiger partial charge in [0, 0.05) is 18.8 Å². The Morgan fingerprint density at radius 3 is 3.19 bits per heavy atom. The van der Waals surface area contributed by atoms with E-state index in [0.717, 1.165) is 0 Å². The number of halogens is 1. The van der Waals surface area contributed by atoms with Crippen LogP contribution in [-0.2, 0) is 11.3 Å². The molecule has 0 saturated carbocycles. The minimum absolute atomic E-state index is 0.0554. The fourth-order valence-corrected chi connectivity index (χ4v) is 2.56. The SMILES string of the molecule is O=C1CCC(C(=O)Nc2cnn(CCF)c2)n2cccc21. The second kappa shape index (κ2) is 5.51. The lowest BCUT2D eigenvalue weighted by molar-refractivity contribution is -0.119. The van der Waals surface area contributed by atoms with Gasteiger partial charge in [-0.2, -0.15) is 5.10 Å². The summed E-state index contributed by atoms with van der Waals surface area (Å²) in [5.41, 5.74) is 1.09. The van der Waals surface area contributed by atoms with Crippen LogP contribution < -0.4 is 5.32 Å². The van der Waals surface area contributed by atoms with Crippen molar-refractivity contribution in [3.63, 3.8) is 0 Å². The first kappa shape index (κ1) is 13.5. The number of aromatic nitrogens is 3. The number of Topliss-reactive ketones (excluding diaryl/α,β-unsaturated/α-hetero) is 1. The standard InChI is InChI=1S/C14H15FN4O2/c15-5-7-18-9-10(8-16-18)17-14(21)12-3-4-13(20)11-2-1-6-19(11)12/h1-2,6,8-9,12H,3-5,7H2,(H,17,21). The van der Waals surface area contributed by atoms with Crippen LogP contribution in [-0.4, -0.2) is 32.7 Å². The van der Waals surface area contributed by atoms with Gasteiger partial charge in [0.25, 0.3) is 0 Å². The molecule has 1 unspecified atom stereocenters. The summed E-state index contributed by atoms with van der Waals surface area (Å²) in [6.07, 6.45) is 5.65. The lowest BCUT2D eigenvalue weighted by Crippen LogP contribution is -2.31. The van der Waals surface area contributed by atoms with Gasteiger partial charge < -0.3 is 9.88 Å². The van der Waals surface area contributed by atoms with Gasteiger partial charge in [0.1, 0.15) is 12.7 Å². The molecule has 7 heteroatoms. The molecular weight excluding hydrogens is 275 g/mol. The van der Waals surface area contributed by atoms with Crippen LogP contribution in [0, 0.1) is 0 Å². The second-order valence-electron chi connectivity index (χ2n) is 4.95. The topological polar surface area (TPSA) is 68.9 Å². The van der Waals surface area contributed by atoms with E-state index >= 15 is 0 Å². The van der Waals surface area contributed by atoms with Gasteiger partial charge in [-0.15, -0.1) is 0 Å². The summed E-state index contributed by atoms with van der Waals surface area (Å²) in [5.74, 6) is -0.139. The highest BCUT2D eigenvalue weighted by molar-refractivity contribution is 5.99. The zero-order valence-corrected chi connectivity index (χ0v) is 11.3. The van der Waals surface area contributed by atoms with E-state index in [9.17, 15) is 14.0 Å². The summed E-state index contributed by atoms with van der Waals surface area (Å²) in [4.78, 5) is 24.1. The summed E-state index contributed by atoms with van der Waals surface area (Å²) in [6, 6.07) is 3.08. The summed E-state index contributed by atoms with van der Waals surface area (Å²) in [7, 11) is 0. The average molecular weight is 290 g/mol. The number of anilines is 1. The maximum absolute atomic E-state index is 12.3. The van der Waals surface area contributed by atoms with Crippen molar-refractivity contribution in [2.24, 2.45) is 0 Å². The van der Waals surface area contributed by atoms with Crippen LogP contribution >= 0.6 is 0 Å². The van der Waals surface area contributed by atoms with E-state index in [1.807, 2.05) is 0 Å². The number of hydrogen-bond acceptors (Lipinski definition) is 3. The van der Waals surface area contributed by atoms with Gasteiger partial charge in [-0.05, 0) is 18.6 Å². The summed E-state index contributed by atoms with van der Waals surface area (Å²) >= 11 is 0. The molecular formula is C14H15FN4O2. The molecule has 3 rings (SSSR count). The van der Waals surface area contributed by atoms with Crippen LogP contribution in [0.4, 0.5) is 10.1 Å². The monoisotopic (exact) mass is 290 g/mol. The van der Waals surface area contributed by atoms with Crippen LogP contribution in [0.5, 0.6) is 0 Å². The van der Waals surface area contributed by atoms with Gasteiger partial charge in [-0.1, -0.05) is 0 Å². The number of aryl methyl sites for hydroxylation is 1. The predicted octanol–water partition coefficient (Wildman–Crippen LogP) is 1.81. The van der Waals surface area contributed by atoms with Crippen molar-refractivity contribution in [1.82, 2.24) is 14.3 Å². The zero-order valence-electron chi connectivity index (χ0n) is 11.3. The minimum Gasteiger partial charge on any atom is -0.333 e. The maximum atomic E-state index is 12.3. The Hall–Kier alpha value is -2.44. The molecule has 0 aromatic carbocycles. The molecule has 0 spiro atoms. The van der Waals surface area contributed by atoms with Crippen LogP contribution in [0.25, 0.3) is 0 Å². The van der Waals surface area contributed by atoms with Gasteiger partial charge in [0.15, 0.2) is 5.78 Å². The Balaban J connectivity index is 1.74. The first-order chi connectivity index (χ1) is 10.2. The number of alkyl halides is 1. The highest BCUT2D eigenvalue weighted by Crippen LogP contribution is 2.26. The van der Waals surface area contributed by atoms with E-state index in [1.54, 1.807) is 29.1 Å². The molecule has 1 atom stereocenters. The molecule has 1 aliphatic heterocycles. The second-order valence-corrected chi connectivity index (χ2v) is 4.95. The average Bonchev–Trinajstić information content (AvgIpc) is 3.09. The molecule has 1 N–H and O–H groups in total. The van der Waals surface area contributed by atoms with E-state index in [2.05, 4.69) is 10.4 Å². The maximum Gasteiger partial charge on any atom is 0.247 e. The van der Waals surface area contributed by atoms with Gasteiger partial charge in [0.05, 0.1) is 24.1 Å². The smallest absolute Gasteiger partial charge is 0.247 e. The Morgan fingerprint density at radius 2 is 2.38 bits per heavy atom. The molecule has 0 bridgehead atoms. The number of nitrogens with zero attached hydrogens (tertiary/aromatic N) is 3. The van der Waals surface area contributed by atoms with Crippen molar-refractivity contribution in [3.8, 4) is 0 Å². The highest BCUT2D eigenvalue weighted by Gasteiger charge is 2.29. The lowest BCUT2D eigenvalue weighted by atomic mass is 10.0. The molecule has 2 aromatic rings. The molecule has 0 saturated heterocycles. The number of ketones is 1. The molecule has 0 fully saturated rings. The van der Waals surface area contributed by atoms with Crippen molar-refractivity contribution in [3.05, 3.63) is 36.4 Å². The third-order valence-corrected chi connectivity index (χ3v) is 3.56. The van der Waals surface area contributed by atoms with E-state index in [1.165, 1.54) is 10.9 Å². The number of rotatable bonds is 4. The molecule has 1 aliphatic rings. The molecule has 2 aromatic heterocycles. The quantitative estimate of drug-likeness (QED) is 0.933. The molecule has 0 radical (unpaired) electrons. The summed E-state index contributed by atoms with van der Waals surface area (Å²) in [5, 5.41) is 6.71. The largest absolute Gasteiger partial charge is 0.333 e. The number of carbonyl (C=O) groups excluding carboxylic acids is 2. The third-order valence-electron chi connectivity index (χ3n) is 3.56. The number of hydrogen-bond donors (Lipinski definition) is 1. The Kier molecular flexibility index (Phi) is 3.55. The fourth-order valence-electron chi connectivity index (χ4n) is 2.56. The van der Waals surface area contributed by atoms with E-state index in [-0.39, 0.29) is 18.2 Å². The Labute approximate surface area is 120 Å². The Bertz CT molecular complexity index is 676. The normalized spacial score (nSPS) is 17.6. The first-order valence-corrected chi connectivity index (χ1v) is 6.78. The van der Waals surface area contributed by atoms with Crippen LogP contribution in [0.1, 0.15) is 29.4 Å². The first-order valence-electron chi connectivity index (χ1n) is 6.78. The number of nitrogens with one attached hydrogen (secondary N) is 1. The van der Waals surface area contributed by atoms with Gasteiger partial charge in [-0.3, -0.25) is 14.3 Å².